The van der Waals surface area contributed by atoms with Gasteiger partial charge in [-0.05, 0) is 31.1 Å². The molecule has 4 fully saturated rings. The summed E-state index contributed by atoms with van der Waals surface area (Å²) in [5.41, 5.74) is 0. The van der Waals surface area contributed by atoms with Crippen molar-refractivity contribution in [3.8, 4) is 0 Å². The monoisotopic (exact) mass is 328 g/mol. The highest BCUT2D eigenvalue weighted by molar-refractivity contribution is 5.98. The van der Waals surface area contributed by atoms with Crippen LogP contribution in [0.1, 0.15) is 25.7 Å². The van der Waals surface area contributed by atoms with Gasteiger partial charge in [-0.15, -0.1) is 12.4 Å². The van der Waals surface area contributed by atoms with Crippen LogP contribution in [0.25, 0.3) is 0 Å². The largest absolute Gasteiger partial charge is 0.334 e. The van der Waals surface area contributed by atoms with Crippen molar-refractivity contribution in [3.63, 3.8) is 0 Å². The number of rotatable bonds is 1. The van der Waals surface area contributed by atoms with E-state index in [1.807, 2.05) is 4.90 Å². The number of carbonyl (C=O) groups is 3. The molecule has 4 amide bonds. The molecule has 122 valence electrons. The van der Waals surface area contributed by atoms with Crippen molar-refractivity contribution in [1.82, 2.24) is 20.9 Å². The summed E-state index contributed by atoms with van der Waals surface area (Å²) in [5, 5.41) is 8.29. The zero-order valence-electron chi connectivity index (χ0n) is 12.2. The Bertz CT molecular complexity index is 496. The van der Waals surface area contributed by atoms with Crippen LogP contribution in [0.5, 0.6) is 0 Å². The zero-order chi connectivity index (χ0) is 14.6. The van der Waals surface area contributed by atoms with Crippen LogP contribution in [0, 0.1) is 11.8 Å². The molecule has 4 rings (SSSR count). The fourth-order valence-corrected chi connectivity index (χ4v) is 4.69. The first-order valence-electron chi connectivity index (χ1n) is 7.78. The second-order valence-electron chi connectivity index (χ2n) is 6.56. The van der Waals surface area contributed by atoms with Gasteiger partial charge in [0.2, 0.25) is 11.8 Å². The van der Waals surface area contributed by atoms with E-state index in [0.29, 0.717) is 30.3 Å². The number of amides is 4. The lowest BCUT2D eigenvalue weighted by Gasteiger charge is -2.28. The maximum atomic E-state index is 12.8. The van der Waals surface area contributed by atoms with Gasteiger partial charge in [-0.25, -0.2) is 4.79 Å². The van der Waals surface area contributed by atoms with Gasteiger partial charge in [-0.1, -0.05) is 0 Å². The SMILES string of the molecule is Cl.O=C1CCC(C(=O)N2[C@@H]3CC[C@H]2[C@H]2CNC[C@H]23)NC(=O)N1. The minimum Gasteiger partial charge on any atom is -0.334 e. The van der Waals surface area contributed by atoms with Crippen LogP contribution in [0.2, 0.25) is 0 Å². The number of halogens is 1. The summed E-state index contributed by atoms with van der Waals surface area (Å²) >= 11 is 0. The summed E-state index contributed by atoms with van der Waals surface area (Å²) in [6.07, 6.45) is 2.74. The first kappa shape index (κ1) is 15.6. The van der Waals surface area contributed by atoms with Gasteiger partial charge < -0.3 is 15.5 Å². The molecule has 4 heterocycles. The van der Waals surface area contributed by atoms with Crippen molar-refractivity contribution >= 4 is 30.3 Å². The van der Waals surface area contributed by atoms with Gasteiger partial charge >= 0.3 is 6.03 Å². The van der Waals surface area contributed by atoms with E-state index in [4.69, 9.17) is 0 Å². The quantitative estimate of drug-likeness (QED) is 0.611. The topological polar surface area (TPSA) is 90.5 Å². The Labute approximate surface area is 135 Å². The molecule has 4 aliphatic heterocycles. The Morgan fingerprint density at radius 1 is 1.05 bits per heavy atom. The number of imide groups is 1. The fourth-order valence-electron chi connectivity index (χ4n) is 4.69. The van der Waals surface area contributed by atoms with Crippen molar-refractivity contribution in [3.05, 3.63) is 0 Å². The van der Waals surface area contributed by atoms with Gasteiger partial charge in [0, 0.05) is 31.6 Å². The number of urea groups is 1. The number of fused-ring (bicyclic) bond motifs is 5. The van der Waals surface area contributed by atoms with Crippen LogP contribution in [0.4, 0.5) is 4.79 Å². The van der Waals surface area contributed by atoms with Crippen molar-refractivity contribution in [2.45, 2.75) is 43.8 Å². The molecule has 0 aliphatic carbocycles. The van der Waals surface area contributed by atoms with Gasteiger partial charge in [0.25, 0.3) is 0 Å². The second kappa shape index (κ2) is 5.70. The first-order chi connectivity index (χ1) is 10.1. The minimum atomic E-state index is -0.564. The minimum absolute atomic E-state index is 0. The molecule has 8 heteroatoms. The maximum absolute atomic E-state index is 12.8. The van der Waals surface area contributed by atoms with Crippen LogP contribution in [0.3, 0.4) is 0 Å². The predicted molar refractivity (Wildman–Crippen MR) is 80.5 cm³/mol. The van der Waals surface area contributed by atoms with Crippen LogP contribution >= 0.6 is 12.4 Å². The Hall–Kier alpha value is -1.34. The molecule has 4 saturated heterocycles. The third kappa shape index (κ3) is 2.27. The molecule has 0 aromatic heterocycles. The highest BCUT2D eigenvalue weighted by Crippen LogP contribution is 2.47. The smallest absolute Gasteiger partial charge is 0.322 e. The number of hydrogen-bond donors (Lipinski definition) is 3. The van der Waals surface area contributed by atoms with E-state index in [1.165, 1.54) is 0 Å². The van der Waals surface area contributed by atoms with E-state index >= 15 is 0 Å². The molecule has 4 aliphatic rings. The van der Waals surface area contributed by atoms with Crippen LogP contribution in [-0.2, 0) is 9.59 Å². The summed E-state index contributed by atoms with van der Waals surface area (Å²) in [5.74, 6) is 0.817. The number of hydrogen-bond acceptors (Lipinski definition) is 4. The van der Waals surface area contributed by atoms with Crippen LogP contribution < -0.4 is 16.0 Å². The zero-order valence-corrected chi connectivity index (χ0v) is 13.0. The average molecular weight is 329 g/mol. The summed E-state index contributed by atoms with van der Waals surface area (Å²) in [7, 11) is 0. The fraction of sp³-hybridized carbons (Fsp3) is 0.786. The van der Waals surface area contributed by atoms with E-state index in [9.17, 15) is 14.4 Å². The Kier molecular flexibility index (Phi) is 4.03. The molecule has 0 aromatic rings. The molecule has 3 N–H and O–H groups in total. The molecule has 0 saturated carbocycles. The van der Waals surface area contributed by atoms with Gasteiger partial charge in [0.15, 0.2) is 0 Å². The van der Waals surface area contributed by atoms with Gasteiger partial charge in [-0.2, -0.15) is 0 Å². The van der Waals surface area contributed by atoms with Crippen molar-refractivity contribution < 1.29 is 14.4 Å². The average Bonchev–Trinajstić information content (AvgIpc) is 3.10. The Morgan fingerprint density at radius 2 is 1.68 bits per heavy atom. The molecular formula is C14H21ClN4O3. The summed E-state index contributed by atoms with van der Waals surface area (Å²) in [4.78, 5) is 37.8. The Morgan fingerprint density at radius 3 is 2.32 bits per heavy atom. The molecule has 7 nitrogen and oxygen atoms in total. The number of carbonyl (C=O) groups excluding carboxylic acids is 3. The molecule has 0 radical (unpaired) electrons. The molecule has 22 heavy (non-hydrogen) atoms. The van der Waals surface area contributed by atoms with Crippen LogP contribution in [0.15, 0.2) is 0 Å². The third-order valence-corrected chi connectivity index (χ3v) is 5.54. The third-order valence-electron chi connectivity index (χ3n) is 5.54. The van der Waals surface area contributed by atoms with Crippen molar-refractivity contribution in [1.29, 1.82) is 0 Å². The molecule has 0 aromatic carbocycles. The van der Waals surface area contributed by atoms with E-state index in [2.05, 4.69) is 16.0 Å². The van der Waals surface area contributed by atoms with Gasteiger partial charge in [0.05, 0.1) is 0 Å². The predicted octanol–water partition coefficient (Wildman–Crippen LogP) is -0.395. The lowest BCUT2D eigenvalue weighted by molar-refractivity contribution is -0.135. The highest BCUT2D eigenvalue weighted by Gasteiger charge is 2.57. The number of nitrogens with zero attached hydrogens (tertiary/aromatic N) is 1. The van der Waals surface area contributed by atoms with E-state index in [-0.39, 0.29) is 30.6 Å². The summed E-state index contributed by atoms with van der Waals surface area (Å²) in [6.45, 7) is 1.99. The lowest BCUT2D eigenvalue weighted by atomic mass is 9.82. The number of nitrogens with one attached hydrogen (secondary N) is 3. The molecule has 0 spiro atoms. The lowest BCUT2D eigenvalue weighted by Crippen LogP contribution is -2.52. The van der Waals surface area contributed by atoms with Gasteiger partial charge in [-0.3, -0.25) is 14.9 Å². The van der Waals surface area contributed by atoms with Gasteiger partial charge in [0.1, 0.15) is 6.04 Å². The molecule has 5 atom stereocenters. The molecule has 2 bridgehead atoms. The molecular weight excluding hydrogens is 308 g/mol. The van der Waals surface area contributed by atoms with E-state index in [1.54, 1.807) is 0 Å². The molecule has 1 unspecified atom stereocenters. The first-order valence-corrected chi connectivity index (χ1v) is 7.78. The summed E-state index contributed by atoms with van der Waals surface area (Å²) < 4.78 is 0. The van der Waals surface area contributed by atoms with Crippen LogP contribution in [-0.4, -0.2) is 54.0 Å². The highest BCUT2D eigenvalue weighted by atomic mass is 35.5. The van der Waals surface area contributed by atoms with Crippen molar-refractivity contribution in [2.75, 3.05) is 13.1 Å². The van der Waals surface area contributed by atoms with E-state index in [0.717, 1.165) is 25.9 Å². The maximum Gasteiger partial charge on any atom is 0.322 e. The normalized spacial score (nSPS) is 39.6. The summed E-state index contributed by atoms with van der Waals surface area (Å²) in [6, 6.07) is -0.492. The second-order valence-corrected chi connectivity index (χ2v) is 6.56. The standard InChI is InChI=1S/C14H20N4O3.ClH/c19-12-4-1-9(16-14(21)17-12)13(20)18-10-2-3-11(18)8-6-15-5-7(8)10;/h7-11,15H,1-6H2,(H2,16,17,19,21);1H/t7-,8+,9?,10-,11+;. The Balaban J connectivity index is 0.00000144. The van der Waals surface area contributed by atoms with E-state index < -0.39 is 12.1 Å². The van der Waals surface area contributed by atoms with Crippen molar-refractivity contribution in [2.24, 2.45) is 11.8 Å².